The van der Waals surface area contributed by atoms with E-state index in [1.807, 2.05) is 53.4 Å². The molecule has 4 N–H and O–H groups in total. The van der Waals surface area contributed by atoms with Gasteiger partial charge in [-0.25, -0.2) is 18.4 Å². The molecule has 2 aliphatic heterocycles. The lowest BCUT2D eigenvalue weighted by atomic mass is 10.0. The number of hydrogen-bond acceptors (Lipinski definition) is 9. The van der Waals surface area contributed by atoms with Crippen LogP contribution in [0.25, 0.3) is 0 Å². The van der Waals surface area contributed by atoms with Crippen molar-refractivity contribution in [2.24, 2.45) is 0 Å². The van der Waals surface area contributed by atoms with E-state index in [0.717, 1.165) is 38.2 Å². The molecule has 0 spiro atoms. The predicted octanol–water partition coefficient (Wildman–Crippen LogP) is 9.55. The monoisotopic (exact) mass is 959 g/mol. The van der Waals surface area contributed by atoms with Gasteiger partial charge in [-0.2, -0.15) is 0 Å². The highest BCUT2D eigenvalue weighted by atomic mass is 19.1. The molecule has 4 atom stereocenters. The first kappa shape index (κ1) is 55.7. The molecule has 13 nitrogen and oxygen atoms in total. The number of nitrogens with zero attached hydrogens (tertiary/aromatic N) is 1. The molecule has 6 rings (SSSR count). The van der Waals surface area contributed by atoms with Crippen molar-refractivity contribution in [2.75, 3.05) is 26.3 Å². The van der Waals surface area contributed by atoms with Crippen LogP contribution in [0.5, 0.6) is 0 Å². The summed E-state index contributed by atoms with van der Waals surface area (Å²) in [6, 6.07) is 31.9. The average molecular weight is 959 g/mol. The quantitative estimate of drug-likeness (QED) is 0.0755. The lowest BCUT2D eigenvalue weighted by Crippen LogP contribution is -2.45. The molecule has 0 unspecified atom stereocenters. The molecule has 15 heteroatoms. The maximum Gasteiger partial charge on any atom is 0.407 e. The first-order valence-electron chi connectivity index (χ1n) is 23.8. The Morgan fingerprint density at radius 1 is 0.652 bits per heavy atom. The highest BCUT2D eigenvalue weighted by Gasteiger charge is 2.32. The van der Waals surface area contributed by atoms with E-state index >= 15 is 0 Å². The van der Waals surface area contributed by atoms with Gasteiger partial charge in [-0.3, -0.25) is 9.59 Å². The van der Waals surface area contributed by atoms with Gasteiger partial charge in [-0.05, 0) is 121 Å². The topological polar surface area (TPSA) is 165 Å². The lowest BCUT2D eigenvalue weighted by molar-refractivity contribution is -0.137. The number of carbonyl (C=O) groups excluding carboxylic acids is 3. The Labute approximate surface area is 406 Å². The Balaban J connectivity index is 0.000000250. The Morgan fingerprint density at radius 2 is 1.12 bits per heavy atom. The molecule has 0 radical (unpaired) electrons. The number of halogens is 2. The number of ether oxygens (including phenoxy) is 4. The molecular weight excluding hydrogens is 887 g/mol. The fourth-order valence-corrected chi connectivity index (χ4v) is 7.71. The second-order valence-electron chi connectivity index (χ2n) is 19.3. The molecule has 0 bridgehead atoms. The normalized spacial score (nSPS) is 16.4. The van der Waals surface area contributed by atoms with Crippen LogP contribution in [0, 0.1) is 11.6 Å². The molecule has 4 aromatic carbocycles. The minimum Gasteiger partial charge on any atom is -0.481 e. The summed E-state index contributed by atoms with van der Waals surface area (Å²) in [5.74, 6) is -1.95. The molecule has 0 aliphatic carbocycles. The van der Waals surface area contributed by atoms with E-state index in [0.29, 0.717) is 36.9 Å². The van der Waals surface area contributed by atoms with Crippen molar-refractivity contribution in [1.29, 1.82) is 0 Å². The Kier molecular flexibility index (Phi) is 23.1. The average Bonchev–Trinajstić information content (AvgIpc) is 3.98. The number of rotatable bonds is 18. The maximum absolute atomic E-state index is 14.3. The fraction of sp³-hybridized carbons (Fsp3) is 0.481. The van der Waals surface area contributed by atoms with E-state index in [2.05, 4.69) is 28.1 Å². The third kappa shape index (κ3) is 22.8. The van der Waals surface area contributed by atoms with Gasteiger partial charge in [0, 0.05) is 31.1 Å². The number of benzene rings is 4. The molecule has 0 aromatic heterocycles. The third-order valence-electron chi connectivity index (χ3n) is 10.8. The Morgan fingerprint density at radius 3 is 1.57 bits per heavy atom. The van der Waals surface area contributed by atoms with Gasteiger partial charge in [0.15, 0.2) is 0 Å². The molecule has 2 saturated heterocycles. The van der Waals surface area contributed by atoms with Crippen molar-refractivity contribution in [3.63, 3.8) is 0 Å². The number of amides is 3. The van der Waals surface area contributed by atoms with Gasteiger partial charge >= 0.3 is 18.2 Å². The number of carboxylic acids is 1. The number of carbonyl (C=O) groups is 4. The molecule has 376 valence electrons. The van der Waals surface area contributed by atoms with Gasteiger partial charge in [0.05, 0.1) is 38.9 Å². The van der Waals surface area contributed by atoms with Crippen LogP contribution in [0.4, 0.5) is 18.4 Å². The zero-order valence-corrected chi connectivity index (χ0v) is 41.0. The Bertz CT molecular complexity index is 2160. The summed E-state index contributed by atoms with van der Waals surface area (Å²) in [5, 5.41) is 17.6. The number of aliphatic carboxylic acids is 1. The first-order chi connectivity index (χ1) is 32.8. The van der Waals surface area contributed by atoms with E-state index in [1.54, 1.807) is 77.9 Å². The zero-order chi connectivity index (χ0) is 50.2. The predicted molar refractivity (Wildman–Crippen MR) is 261 cm³/mol. The van der Waals surface area contributed by atoms with Gasteiger partial charge in [0.2, 0.25) is 5.91 Å². The number of hydrogen-bond donors (Lipinski definition) is 4. The van der Waals surface area contributed by atoms with E-state index in [4.69, 9.17) is 24.1 Å². The van der Waals surface area contributed by atoms with Crippen LogP contribution >= 0.6 is 0 Å². The van der Waals surface area contributed by atoms with Crippen molar-refractivity contribution in [2.45, 2.75) is 141 Å². The second-order valence-corrected chi connectivity index (χ2v) is 19.3. The number of nitrogens with one attached hydrogen (secondary N) is 3. The minimum absolute atomic E-state index is 0.00755. The van der Waals surface area contributed by atoms with Gasteiger partial charge in [0.1, 0.15) is 22.8 Å². The summed E-state index contributed by atoms with van der Waals surface area (Å²) >= 11 is 0. The van der Waals surface area contributed by atoms with E-state index in [1.165, 1.54) is 30.5 Å². The molecule has 0 saturated carbocycles. The minimum atomic E-state index is -1.08. The van der Waals surface area contributed by atoms with Crippen LogP contribution in [0.15, 0.2) is 109 Å². The van der Waals surface area contributed by atoms with Crippen LogP contribution in [0.1, 0.15) is 102 Å². The first-order valence-corrected chi connectivity index (χ1v) is 23.8. The van der Waals surface area contributed by atoms with Gasteiger partial charge < -0.3 is 44.9 Å². The van der Waals surface area contributed by atoms with Crippen LogP contribution in [0.2, 0.25) is 0 Å². The van der Waals surface area contributed by atoms with Crippen molar-refractivity contribution < 1.29 is 52.0 Å². The number of carboxylic acid groups (broad SMARTS) is 1. The standard InChI is InChI=1S/C27H35FN2O4.C15H20FNO4.C12H17NO/c1-27(2,3)34-26(32)29-22(16-21-12-7-8-14-24(21)28)17-25(31)30-15-9-13-23(30)19-33-18-20-10-5-4-6-11-20;1-15(2,3)21-14(20)17-11(9-13(18)19)8-10-6-4-5-7-12(10)16;1-2-5-11(6-3-1)9-14-10-12-7-4-8-13-12/h4-8,10-12,14,22-23H,9,13,15-19H2,1-3H3,(H,29,32);4-7,11H,8-9H2,1-3H3,(H,17,20)(H,18,19);1-3,5-6,12-13H,4,7-10H2/t22-,23+;11-;12-/m110/s1. The van der Waals surface area contributed by atoms with Crippen molar-refractivity contribution in [3.8, 4) is 0 Å². The fourth-order valence-electron chi connectivity index (χ4n) is 7.71. The van der Waals surface area contributed by atoms with Crippen LogP contribution in [-0.4, -0.2) is 95.7 Å². The molecule has 2 fully saturated rings. The summed E-state index contributed by atoms with van der Waals surface area (Å²) in [4.78, 5) is 50.0. The molecule has 2 heterocycles. The summed E-state index contributed by atoms with van der Waals surface area (Å²) in [7, 11) is 0. The van der Waals surface area contributed by atoms with Crippen LogP contribution in [0.3, 0.4) is 0 Å². The lowest BCUT2D eigenvalue weighted by Gasteiger charge is -2.28. The summed E-state index contributed by atoms with van der Waals surface area (Å²) in [5.41, 5.74) is 1.78. The third-order valence-corrected chi connectivity index (χ3v) is 10.8. The van der Waals surface area contributed by atoms with Gasteiger partial charge in [-0.1, -0.05) is 97.1 Å². The summed E-state index contributed by atoms with van der Waals surface area (Å²) in [6.45, 7) is 14.8. The van der Waals surface area contributed by atoms with E-state index < -0.39 is 47.3 Å². The molecular formula is C54H72F2N4O9. The molecule has 2 aliphatic rings. The van der Waals surface area contributed by atoms with Crippen LogP contribution < -0.4 is 16.0 Å². The zero-order valence-electron chi connectivity index (χ0n) is 41.0. The van der Waals surface area contributed by atoms with Crippen molar-refractivity contribution in [1.82, 2.24) is 20.9 Å². The maximum atomic E-state index is 14.3. The number of alkyl carbamates (subject to hydrolysis) is 2. The molecule has 3 amide bonds. The Hall–Kier alpha value is -5.90. The largest absolute Gasteiger partial charge is 0.481 e. The van der Waals surface area contributed by atoms with E-state index in [9.17, 15) is 28.0 Å². The van der Waals surface area contributed by atoms with Crippen LogP contribution in [-0.2, 0) is 54.6 Å². The number of likely N-dealkylation sites (tertiary alicyclic amines) is 1. The highest BCUT2D eigenvalue weighted by molar-refractivity contribution is 5.78. The highest BCUT2D eigenvalue weighted by Crippen LogP contribution is 2.22. The smallest absolute Gasteiger partial charge is 0.407 e. The van der Waals surface area contributed by atoms with E-state index in [-0.39, 0.29) is 43.4 Å². The second kappa shape index (κ2) is 28.6. The molecule has 4 aromatic rings. The van der Waals surface area contributed by atoms with Gasteiger partial charge in [-0.15, -0.1) is 0 Å². The van der Waals surface area contributed by atoms with Crippen molar-refractivity contribution >= 4 is 24.1 Å². The SMILES string of the molecule is CC(C)(C)OC(=O)N[C@@H](CC(=O)N1CCC[C@H]1COCc1ccccc1)Cc1ccccc1F.CC(C)(C)OC(=O)N[C@@H](CC(=O)O)Cc1ccccc1F.c1ccc(COC[C@@H]2CCCN2)cc1. The van der Waals surface area contributed by atoms with Crippen molar-refractivity contribution in [3.05, 3.63) is 143 Å². The molecule has 69 heavy (non-hydrogen) atoms. The summed E-state index contributed by atoms with van der Waals surface area (Å²) < 4.78 is 49.9. The van der Waals surface area contributed by atoms with Gasteiger partial charge in [0.25, 0.3) is 0 Å². The summed E-state index contributed by atoms with van der Waals surface area (Å²) in [6.07, 6.45) is 3.01.